The van der Waals surface area contributed by atoms with Crippen molar-refractivity contribution in [3.8, 4) is 0 Å². The summed E-state index contributed by atoms with van der Waals surface area (Å²) < 4.78 is 10.5. The maximum atomic E-state index is 10.5. The second-order valence-corrected chi connectivity index (χ2v) is 3.29. The molecule has 1 aromatic carbocycles. The molecule has 0 saturated heterocycles. The van der Waals surface area contributed by atoms with Gasteiger partial charge in [-0.2, -0.15) is 0 Å². The van der Waals surface area contributed by atoms with Gasteiger partial charge in [0, 0.05) is 6.54 Å². The Morgan fingerprint density at radius 3 is 2.55 bits per heavy atom. The third kappa shape index (κ3) is 3.33. The van der Waals surface area contributed by atoms with Crippen molar-refractivity contribution in [2.75, 3.05) is 0 Å². The Morgan fingerprint density at radius 1 is 1.36 bits per heavy atom. The van der Waals surface area contributed by atoms with Crippen molar-refractivity contribution in [1.29, 1.82) is 0 Å². The van der Waals surface area contributed by atoms with E-state index in [1.807, 2.05) is 30.3 Å². The smallest absolute Gasteiger partial charge is 0.197 e. The van der Waals surface area contributed by atoms with E-state index < -0.39 is 8.10 Å². The Labute approximate surface area is 66.5 Å². The molecule has 1 unspecified atom stereocenters. The van der Waals surface area contributed by atoms with Gasteiger partial charge in [-0.25, -0.2) is 0 Å². The van der Waals surface area contributed by atoms with Crippen molar-refractivity contribution in [3.63, 3.8) is 0 Å². The Balaban J connectivity index is 2.45. The molecule has 3 nitrogen and oxygen atoms in total. The van der Waals surface area contributed by atoms with Gasteiger partial charge in [-0.3, -0.25) is 15.2 Å². The van der Waals surface area contributed by atoms with Crippen LogP contribution in [-0.2, 0) is 11.1 Å². The minimum absolute atomic E-state index is 0.579. The van der Waals surface area contributed by atoms with Gasteiger partial charge in [0.1, 0.15) is 0 Å². The molecule has 60 valence electrons. The predicted molar refractivity (Wildman–Crippen MR) is 46.5 cm³/mol. The minimum Gasteiger partial charge on any atom is -0.293 e. The number of nitrogens with two attached hydrogens (primary N) is 1. The number of benzene rings is 1. The van der Waals surface area contributed by atoms with Crippen LogP contribution in [0.4, 0.5) is 0 Å². The second-order valence-electron chi connectivity index (χ2n) is 2.20. The summed E-state index contributed by atoms with van der Waals surface area (Å²) in [4.78, 5) is 0. The highest BCUT2D eigenvalue weighted by atomic mass is 31.1. The van der Waals surface area contributed by atoms with E-state index in [0.29, 0.717) is 6.54 Å². The van der Waals surface area contributed by atoms with Gasteiger partial charge in [0.25, 0.3) is 0 Å². The molecule has 0 amide bonds. The molecule has 0 aliphatic carbocycles. The molecule has 0 bridgehead atoms. The lowest BCUT2D eigenvalue weighted by molar-refractivity contribution is 0.580. The van der Waals surface area contributed by atoms with Crippen molar-refractivity contribution >= 4 is 8.10 Å². The molecule has 4 heteroatoms. The van der Waals surface area contributed by atoms with E-state index in [2.05, 4.69) is 5.09 Å². The van der Waals surface area contributed by atoms with Crippen molar-refractivity contribution in [2.24, 2.45) is 5.50 Å². The first-order valence-electron chi connectivity index (χ1n) is 3.36. The molecule has 1 atom stereocenters. The lowest BCUT2D eigenvalue weighted by Gasteiger charge is -1.99. The summed E-state index contributed by atoms with van der Waals surface area (Å²) in [6, 6.07) is 9.72. The molecule has 0 aliphatic heterocycles. The van der Waals surface area contributed by atoms with Gasteiger partial charge >= 0.3 is 0 Å². The summed E-state index contributed by atoms with van der Waals surface area (Å²) in [7, 11) is -2.03. The summed E-state index contributed by atoms with van der Waals surface area (Å²) in [5, 5.41) is 2.69. The monoisotopic (exact) mass is 170 g/mol. The Bertz CT molecular complexity index is 237. The molecule has 0 saturated carbocycles. The van der Waals surface area contributed by atoms with Gasteiger partial charge in [0.15, 0.2) is 8.10 Å². The Morgan fingerprint density at radius 2 is 2.00 bits per heavy atom. The standard InChI is InChI=1S/C7H11N2OP/c8-11(10)9-6-7-4-2-1-3-5-7/h1-5,11H,6H2,(H3,8,9,10). The molecule has 0 aliphatic rings. The minimum atomic E-state index is -2.03. The van der Waals surface area contributed by atoms with Crippen LogP contribution in [0.2, 0.25) is 0 Å². The Kier molecular flexibility index (Phi) is 3.30. The van der Waals surface area contributed by atoms with Crippen LogP contribution in [0, 0.1) is 0 Å². The van der Waals surface area contributed by atoms with Crippen molar-refractivity contribution in [2.45, 2.75) is 6.54 Å². The summed E-state index contributed by atoms with van der Waals surface area (Å²) in [6.45, 7) is 0.579. The van der Waals surface area contributed by atoms with Gasteiger partial charge in [0.05, 0.1) is 0 Å². The molecule has 0 spiro atoms. The van der Waals surface area contributed by atoms with Crippen LogP contribution in [0.5, 0.6) is 0 Å². The molecule has 11 heavy (non-hydrogen) atoms. The normalized spacial score (nSPS) is 12.8. The topological polar surface area (TPSA) is 55.1 Å². The number of hydrogen-bond donors (Lipinski definition) is 2. The van der Waals surface area contributed by atoms with Crippen LogP contribution in [-0.4, -0.2) is 0 Å². The first kappa shape index (κ1) is 8.47. The van der Waals surface area contributed by atoms with Crippen LogP contribution >= 0.6 is 8.10 Å². The van der Waals surface area contributed by atoms with Crippen LogP contribution in [0.15, 0.2) is 30.3 Å². The molecule has 0 radical (unpaired) electrons. The number of rotatable bonds is 3. The van der Waals surface area contributed by atoms with Crippen molar-refractivity contribution < 1.29 is 4.57 Å². The molecule has 1 rings (SSSR count). The fraction of sp³-hybridized carbons (Fsp3) is 0.143. The van der Waals surface area contributed by atoms with E-state index in [0.717, 1.165) is 5.56 Å². The van der Waals surface area contributed by atoms with Gasteiger partial charge in [0.2, 0.25) is 0 Å². The lowest BCUT2D eigenvalue weighted by Crippen LogP contribution is -2.06. The van der Waals surface area contributed by atoms with E-state index in [1.54, 1.807) is 0 Å². The summed E-state index contributed by atoms with van der Waals surface area (Å²) in [6.07, 6.45) is 0. The molecule has 3 N–H and O–H groups in total. The van der Waals surface area contributed by atoms with Crippen LogP contribution in [0.3, 0.4) is 0 Å². The van der Waals surface area contributed by atoms with E-state index in [-0.39, 0.29) is 0 Å². The maximum absolute atomic E-state index is 10.5. The van der Waals surface area contributed by atoms with Crippen LogP contribution in [0.25, 0.3) is 0 Å². The molecule has 0 fully saturated rings. The van der Waals surface area contributed by atoms with E-state index >= 15 is 0 Å². The number of hydrogen-bond acceptors (Lipinski definition) is 1. The quantitative estimate of drug-likeness (QED) is 0.668. The van der Waals surface area contributed by atoms with Gasteiger partial charge in [-0.15, -0.1) is 0 Å². The maximum Gasteiger partial charge on any atom is 0.197 e. The molecule has 0 heterocycles. The number of nitrogens with one attached hydrogen (secondary N) is 1. The zero-order valence-corrected chi connectivity index (χ0v) is 7.08. The van der Waals surface area contributed by atoms with Crippen LogP contribution in [0.1, 0.15) is 5.56 Å². The highest BCUT2D eigenvalue weighted by Gasteiger charge is 1.90. The van der Waals surface area contributed by atoms with Crippen LogP contribution < -0.4 is 10.6 Å². The second kappa shape index (κ2) is 4.29. The van der Waals surface area contributed by atoms with Crippen molar-refractivity contribution in [1.82, 2.24) is 5.09 Å². The van der Waals surface area contributed by atoms with Crippen molar-refractivity contribution in [3.05, 3.63) is 35.9 Å². The first-order chi connectivity index (χ1) is 5.29. The molecule has 1 aromatic rings. The molecular weight excluding hydrogens is 159 g/mol. The zero-order valence-electron chi connectivity index (χ0n) is 6.08. The van der Waals surface area contributed by atoms with Gasteiger partial charge in [-0.1, -0.05) is 30.3 Å². The molecule has 0 aromatic heterocycles. The third-order valence-electron chi connectivity index (χ3n) is 1.31. The summed E-state index contributed by atoms with van der Waals surface area (Å²) in [5.41, 5.74) is 6.17. The zero-order chi connectivity index (χ0) is 8.10. The van der Waals surface area contributed by atoms with E-state index in [9.17, 15) is 4.57 Å². The Hall–Kier alpha value is -0.630. The lowest BCUT2D eigenvalue weighted by atomic mass is 10.2. The summed E-state index contributed by atoms with van der Waals surface area (Å²) in [5.74, 6) is 0. The highest BCUT2D eigenvalue weighted by Crippen LogP contribution is 2.03. The van der Waals surface area contributed by atoms with E-state index in [4.69, 9.17) is 5.50 Å². The van der Waals surface area contributed by atoms with Gasteiger partial charge < -0.3 is 0 Å². The first-order valence-corrected chi connectivity index (χ1v) is 4.85. The predicted octanol–water partition coefficient (Wildman–Crippen LogP) is 1.12. The highest BCUT2D eigenvalue weighted by molar-refractivity contribution is 7.39. The fourth-order valence-corrected chi connectivity index (χ4v) is 1.16. The SMILES string of the molecule is N[PH](=O)NCc1ccccc1. The fourth-order valence-electron chi connectivity index (χ4n) is 0.785. The summed E-state index contributed by atoms with van der Waals surface area (Å²) >= 11 is 0. The average molecular weight is 170 g/mol. The van der Waals surface area contributed by atoms with Gasteiger partial charge in [-0.05, 0) is 5.56 Å². The van der Waals surface area contributed by atoms with E-state index in [1.165, 1.54) is 0 Å². The molecular formula is C7H11N2OP. The average Bonchev–Trinajstić information content (AvgIpc) is 2.03. The largest absolute Gasteiger partial charge is 0.293 e. The third-order valence-corrected chi connectivity index (χ3v) is 1.83.